The second-order valence-electron chi connectivity index (χ2n) is 6.84. The topological polar surface area (TPSA) is 76.0 Å². The highest BCUT2D eigenvalue weighted by molar-refractivity contribution is 5.34. The van der Waals surface area contributed by atoms with Gasteiger partial charge in [0.2, 0.25) is 5.95 Å². The molecule has 2 aromatic rings. The number of nitriles is 1. The highest BCUT2D eigenvalue weighted by atomic mass is 16.1. The molecule has 1 aliphatic carbocycles. The second kappa shape index (κ2) is 6.69. The molecule has 1 N–H and O–H groups in total. The van der Waals surface area contributed by atoms with Gasteiger partial charge < -0.3 is 4.90 Å². The lowest BCUT2D eigenvalue weighted by Gasteiger charge is -2.35. The van der Waals surface area contributed by atoms with Gasteiger partial charge in [-0.05, 0) is 30.5 Å². The Morgan fingerprint density at radius 2 is 1.88 bits per heavy atom. The Morgan fingerprint density at radius 1 is 1.16 bits per heavy atom. The van der Waals surface area contributed by atoms with Gasteiger partial charge in [-0.1, -0.05) is 12.1 Å². The van der Waals surface area contributed by atoms with Gasteiger partial charge in [0.25, 0.3) is 5.56 Å². The molecule has 25 heavy (non-hydrogen) atoms. The van der Waals surface area contributed by atoms with Crippen LogP contribution in [0.4, 0.5) is 5.95 Å². The number of nitrogens with zero attached hydrogens (tertiary/aromatic N) is 4. The van der Waals surface area contributed by atoms with E-state index in [1.807, 2.05) is 24.3 Å². The van der Waals surface area contributed by atoms with E-state index in [-0.39, 0.29) is 5.56 Å². The molecule has 2 aliphatic rings. The summed E-state index contributed by atoms with van der Waals surface area (Å²) in [6.45, 7) is 4.45. The van der Waals surface area contributed by atoms with Gasteiger partial charge in [0.05, 0.1) is 17.3 Å². The molecule has 0 bridgehead atoms. The Hall–Kier alpha value is -2.65. The zero-order chi connectivity index (χ0) is 17.2. The van der Waals surface area contributed by atoms with E-state index in [0.717, 1.165) is 51.3 Å². The van der Waals surface area contributed by atoms with Crippen LogP contribution in [0.2, 0.25) is 0 Å². The summed E-state index contributed by atoms with van der Waals surface area (Å²) in [4.78, 5) is 24.0. The fraction of sp³-hybridized carbons (Fsp3) is 0.421. The van der Waals surface area contributed by atoms with Crippen LogP contribution >= 0.6 is 0 Å². The molecule has 6 heteroatoms. The van der Waals surface area contributed by atoms with E-state index in [1.54, 1.807) is 6.07 Å². The molecule has 1 aromatic carbocycles. The molecule has 0 atom stereocenters. The van der Waals surface area contributed by atoms with Crippen LogP contribution in [0.15, 0.2) is 35.1 Å². The molecule has 1 aromatic heterocycles. The van der Waals surface area contributed by atoms with Crippen molar-refractivity contribution in [2.24, 2.45) is 0 Å². The maximum absolute atomic E-state index is 11.9. The van der Waals surface area contributed by atoms with Crippen molar-refractivity contribution < 1.29 is 0 Å². The number of hydrogen-bond acceptors (Lipinski definition) is 5. The van der Waals surface area contributed by atoms with Crippen molar-refractivity contribution >= 4 is 5.95 Å². The summed E-state index contributed by atoms with van der Waals surface area (Å²) >= 11 is 0. The number of rotatable bonds is 4. The zero-order valence-corrected chi connectivity index (χ0v) is 14.1. The van der Waals surface area contributed by atoms with E-state index in [2.05, 4.69) is 25.8 Å². The van der Waals surface area contributed by atoms with E-state index < -0.39 is 0 Å². The third kappa shape index (κ3) is 3.72. The SMILES string of the molecule is N#Cc1ccc(CN2CCN(c3nc(C4CC4)cc(=O)[nH]3)CC2)cc1. The van der Waals surface area contributed by atoms with Crippen molar-refractivity contribution in [3.05, 3.63) is 57.5 Å². The molecule has 0 unspecified atom stereocenters. The Morgan fingerprint density at radius 3 is 2.52 bits per heavy atom. The van der Waals surface area contributed by atoms with Gasteiger partial charge in [-0.3, -0.25) is 14.7 Å². The molecule has 6 nitrogen and oxygen atoms in total. The number of nitrogens with one attached hydrogen (secondary N) is 1. The fourth-order valence-corrected chi connectivity index (χ4v) is 3.26. The van der Waals surface area contributed by atoms with Gasteiger partial charge in [-0.15, -0.1) is 0 Å². The van der Waals surface area contributed by atoms with Crippen LogP contribution in [0.1, 0.15) is 35.6 Å². The first kappa shape index (κ1) is 15.9. The Balaban J connectivity index is 1.38. The first-order valence-corrected chi connectivity index (χ1v) is 8.79. The predicted octanol–water partition coefficient (Wildman–Crippen LogP) is 1.84. The molecule has 1 saturated carbocycles. The smallest absolute Gasteiger partial charge is 0.252 e. The molecule has 0 spiro atoms. The number of aromatic nitrogens is 2. The minimum Gasteiger partial charge on any atom is -0.340 e. The van der Waals surface area contributed by atoms with Crippen LogP contribution in [0.5, 0.6) is 0 Å². The molecule has 128 valence electrons. The van der Waals surface area contributed by atoms with E-state index in [0.29, 0.717) is 17.4 Å². The van der Waals surface area contributed by atoms with Crippen LogP contribution in [-0.4, -0.2) is 41.0 Å². The molecule has 1 saturated heterocycles. The largest absolute Gasteiger partial charge is 0.340 e. The van der Waals surface area contributed by atoms with Gasteiger partial charge in [0.1, 0.15) is 0 Å². The lowest BCUT2D eigenvalue weighted by atomic mass is 10.1. The fourth-order valence-electron chi connectivity index (χ4n) is 3.26. The van der Waals surface area contributed by atoms with Crippen molar-refractivity contribution in [2.75, 3.05) is 31.1 Å². The van der Waals surface area contributed by atoms with E-state index >= 15 is 0 Å². The summed E-state index contributed by atoms with van der Waals surface area (Å²) in [7, 11) is 0. The first-order valence-electron chi connectivity index (χ1n) is 8.79. The number of benzene rings is 1. The highest BCUT2D eigenvalue weighted by Gasteiger charge is 2.27. The summed E-state index contributed by atoms with van der Waals surface area (Å²) in [5.41, 5.74) is 2.81. The van der Waals surface area contributed by atoms with Crippen molar-refractivity contribution in [3.8, 4) is 6.07 Å². The van der Waals surface area contributed by atoms with Gasteiger partial charge in [-0.25, -0.2) is 4.98 Å². The minimum atomic E-state index is -0.0492. The van der Waals surface area contributed by atoms with Gasteiger partial charge >= 0.3 is 0 Å². The van der Waals surface area contributed by atoms with Crippen molar-refractivity contribution in [1.82, 2.24) is 14.9 Å². The quantitative estimate of drug-likeness (QED) is 0.923. The van der Waals surface area contributed by atoms with Gasteiger partial charge in [-0.2, -0.15) is 5.26 Å². The van der Waals surface area contributed by atoms with Crippen LogP contribution < -0.4 is 10.5 Å². The maximum atomic E-state index is 11.9. The Kier molecular flexibility index (Phi) is 4.24. The average Bonchev–Trinajstić information content (AvgIpc) is 3.48. The summed E-state index contributed by atoms with van der Waals surface area (Å²) in [5, 5.41) is 8.87. The molecule has 2 fully saturated rings. The van der Waals surface area contributed by atoms with Crippen LogP contribution in [0.25, 0.3) is 0 Å². The summed E-state index contributed by atoms with van der Waals surface area (Å²) in [5.74, 6) is 1.20. The molecule has 0 amide bonds. The predicted molar refractivity (Wildman–Crippen MR) is 95.5 cm³/mol. The van der Waals surface area contributed by atoms with Crippen molar-refractivity contribution in [3.63, 3.8) is 0 Å². The lowest BCUT2D eigenvalue weighted by molar-refractivity contribution is 0.248. The lowest BCUT2D eigenvalue weighted by Crippen LogP contribution is -2.47. The normalized spacial score (nSPS) is 18.1. The summed E-state index contributed by atoms with van der Waals surface area (Å²) < 4.78 is 0. The van der Waals surface area contributed by atoms with E-state index in [1.165, 1.54) is 5.56 Å². The Bertz CT molecular complexity index is 839. The molecular weight excluding hydrogens is 314 g/mol. The van der Waals surface area contributed by atoms with Crippen molar-refractivity contribution in [2.45, 2.75) is 25.3 Å². The van der Waals surface area contributed by atoms with Gasteiger partial charge in [0, 0.05) is 44.7 Å². The summed E-state index contributed by atoms with van der Waals surface area (Å²) in [6, 6.07) is 11.6. The number of anilines is 1. The molecule has 4 rings (SSSR count). The highest BCUT2D eigenvalue weighted by Crippen LogP contribution is 2.38. The monoisotopic (exact) mass is 335 g/mol. The second-order valence-corrected chi connectivity index (χ2v) is 6.84. The molecule has 2 heterocycles. The van der Waals surface area contributed by atoms with Crippen LogP contribution in [0, 0.1) is 11.3 Å². The third-order valence-electron chi connectivity index (χ3n) is 4.91. The Labute approximate surface area is 146 Å². The number of H-pyrrole nitrogens is 1. The minimum absolute atomic E-state index is 0.0492. The zero-order valence-electron chi connectivity index (χ0n) is 14.1. The standard InChI is InChI=1S/C19H21N5O/c20-12-14-1-3-15(4-2-14)13-23-7-9-24(10-8-23)19-21-17(16-5-6-16)11-18(25)22-19/h1-4,11,16H,5-10,13H2,(H,21,22,25). The molecule has 1 aliphatic heterocycles. The maximum Gasteiger partial charge on any atom is 0.252 e. The van der Waals surface area contributed by atoms with Gasteiger partial charge in [0.15, 0.2) is 0 Å². The molecule has 0 radical (unpaired) electrons. The van der Waals surface area contributed by atoms with E-state index in [9.17, 15) is 4.79 Å². The van der Waals surface area contributed by atoms with Crippen LogP contribution in [-0.2, 0) is 6.54 Å². The number of piperazine rings is 1. The number of aromatic amines is 1. The van der Waals surface area contributed by atoms with Crippen molar-refractivity contribution in [1.29, 1.82) is 5.26 Å². The third-order valence-corrected chi connectivity index (χ3v) is 4.91. The summed E-state index contributed by atoms with van der Waals surface area (Å²) in [6.07, 6.45) is 2.29. The number of hydrogen-bond donors (Lipinski definition) is 1. The first-order chi connectivity index (χ1) is 12.2. The van der Waals surface area contributed by atoms with E-state index in [4.69, 9.17) is 5.26 Å². The molecular formula is C19H21N5O. The van der Waals surface area contributed by atoms with Crippen LogP contribution in [0.3, 0.4) is 0 Å². The average molecular weight is 335 g/mol.